The maximum atomic E-state index is 13.5. The van der Waals surface area contributed by atoms with Crippen LogP contribution in [0.5, 0.6) is 5.75 Å². The third-order valence-corrected chi connectivity index (χ3v) is 11.4. The van der Waals surface area contributed by atoms with Crippen molar-refractivity contribution in [3.8, 4) is 23.2 Å². The summed E-state index contributed by atoms with van der Waals surface area (Å²) in [5.74, 6) is -1.26. The van der Waals surface area contributed by atoms with Gasteiger partial charge in [0.2, 0.25) is 0 Å². The molecule has 17 heteroatoms. The fraction of sp³-hybridized carbons (Fsp3) is 0.364. The van der Waals surface area contributed by atoms with Crippen molar-refractivity contribution in [2.45, 2.75) is 77.2 Å². The minimum Gasteiger partial charge on any atom is -0.508 e. The monoisotopic (exact) mass is 839 g/mol. The summed E-state index contributed by atoms with van der Waals surface area (Å²) >= 11 is 0. The molecule has 0 aliphatic carbocycles. The van der Waals surface area contributed by atoms with E-state index in [9.17, 15) is 48.1 Å². The standard InChI is InChI=1S/C23H23N3O5.C21H21F3N4O2/c1-4-23(30)16-8-18-20-12(9-26(18)21(28)15(16)11-31-22(23)29)7-13-14(10-25(2)3)19(27)6-5-17(13)24-20;1-12-5-4-6-14(9-12)27(3)20(30)18-17(29)7-8-28(18)19-15(11-25)16(21(22,23)24)10-13(2)26-19/h5-8,27,30H,4,9-11H2,1-3H3;4-6,9-10,17-18,29H,7-8H2,1-3H3/t23-;/m0./s1. The van der Waals surface area contributed by atoms with Gasteiger partial charge in [0, 0.05) is 53.6 Å². The fourth-order valence-electron chi connectivity index (χ4n) is 8.25. The first-order valence-corrected chi connectivity index (χ1v) is 19.5. The van der Waals surface area contributed by atoms with Crippen molar-refractivity contribution in [2.24, 2.45) is 0 Å². The van der Waals surface area contributed by atoms with E-state index in [1.165, 1.54) is 23.8 Å². The SMILES string of the molecule is CC[C@@]1(O)C(=O)OCc2c1cc1n(c2=O)Cc2cc3c(CN(C)C)c(O)ccc3nc2-1.Cc1cccc(N(C)C(=O)C2C(O)CCN2c2nc(C)cc(C(F)(F)F)c2C#N)c1. The number of alkyl halides is 3. The maximum absolute atomic E-state index is 13.5. The highest BCUT2D eigenvalue weighted by Crippen LogP contribution is 2.41. The number of hydrogen-bond acceptors (Lipinski definition) is 12. The summed E-state index contributed by atoms with van der Waals surface area (Å²) < 4.78 is 47.2. The molecule has 1 amide bonds. The molecule has 2 unspecified atom stereocenters. The second-order valence-corrected chi connectivity index (χ2v) is 15.8. The number of aromatic nitrogens is 3. The Balaban J connectivity index is 0.000000184. The zero-order valence-corrected chi connectivity index (χ0v) is 34.3. The number of aromatic hydroxyl groups is 1. The summed E-state index contributed by atoms with van der Waals surface area (Å²) in [5, 5.41) is 42.1. The number of anilines is 2. The number of esters is 1. The predicted molar refractivity (Wildman–Crippen MR) is 219 cm³/mol. The predicted octanol–water partition coefficient (Wildman–Crippen LogP) is 5.04. The number of ether oxygens (including phenoxy) is 1. The Kier molecular flexibility index (Phi) is 11.2. The maximum Gasteiger partial charge on any atom is 0.417 e. The van der Waals surface area contributed by atoms with Crippen molar-refractivity contribution in [3.63, 3.8) is 0 Å². The topological polar surface area (TPSA) is 185 Å². The highest BCUT2D eigenvalue weighted by Gasteiger charge is 2.46. The average Bonchev–Trinajstić information content (AvgIpc) is 3.78. The lowest BCUT2D eigenvalue weighted by Crippen LogP contribution is -2.49. The van der Waals surface area contributed by atoms with Crippen molar-refractivity contribution < 1.29 is 42.8 Å². The number of aliphatic hydroxyl groups is 2. The third kappa shape index (κ3) is 7.55. The number of phenolic OH excluding ortho intramolecular Hbond substituents is 1. The molecule has 3 N–H and O–H groups in total. The Hall–Kier alpha value is -6.35. The van der Waals surface area contributed by atoms with E-state index < -0.39 is 46.9 Å². The third-order valence-electron chi connectivity index (χ3n) is 11.4. The molecule has 6 heterocycles. The summed E-state index contributed by atoms with van der Waals surface area (Å²) in [4.78, 5) is 52.3. The Labute approximate surface area is 348 Å². The summed E-state index contributed by atoms with van der Waals surface area (Å²) in [5.41, 5.74) is 1.86. The van der Waals surface area contributed by atoms with Crippen LogP contribution in [0.3, 0.4) is 0 Å². The van der Waals surface area contributed by atoms with Crippen LogP contribution in [0.15, 0.2) is 59.4 Å². The van der Waals surface area contributed by atoms with E-state index in [2.05, 4.69) is 4.98 Å². The number of hydrogen-bond donors (Lipinski definition) is 3. The highest BCUT2D eigenvalue weighted by molar-refractivity contribution is 5.99. The van der Waals surface area contributed by atoms with Crippen LogP contribution >= 0.6 is 0 Å². The van der Waals surface area contributed by atoms with Crippen LogP contribution in [0.25, 0.3) is 22.3 Å². The smallest absolute Gasteiger partial charge is 0.417 e. The number of carbonyl (C=O) groups excluding carboxylic acids is 2. The molecule has 3 aromatic heterocycles. The van der Waals surface area contributed by atoms with Crippen LogP contribution in [0.4, 0.5) is 24.7 Å². The van der Waals surface area contributed by atoms with E-state index in [0.29, 0.717) is 46.8 Å². The summed E-state index contributed by atoms with van der Waals surface area (Å²) in [6, 6.07) is 15.5. The molecule has 14 nitrogen and oxygen atoms in total. The Morgan fingerprint density at radius 3 is 2.48 bits per heavy atom. The van der Waals surface area contributed by atoms with Gasteiger partial charge in [-0.2, -0.15) is 18.4 Å². The summed E-state index contributed by atoms with van der Waals surface area (Å²) in [7, 11) is 5.39. The number of amides is 1. The van der Waals surface area contributed by atoms with Gasteiger partial charge in [-0.3, -0.25) is 9.59 Å². The van der Waals surface area contributed by atoms with Crippen LogP contribution in [-0.2, 0) is 45.8 Å². The number of aryl methyl sites for hydroxylation is 2. The minimum absolute atomic E-state index is 0.0657. The molecule has 5 aromatic rings. The number of halogens is 3. The minimum atomic E-state index is -4.75. The van der Waals surface area contributed by atoms with Gasteiger partial charge < -0.3 is 39.3 Å². The number of cyclic esters (lactones) is 1. The van der Waals surface area contributed by atoms with Gasteiger partial charge in [0.25, 0.3) is 11.5 Å². The summed E-state index contributed by atoms with van der Waals surface area (Å²) in [6.45, 7) is 5.77. The van der Waals surface area contributed by atoms with Crippen LogP contribution in [0.1, 0.15) is 64.4 Å². The summed E-state index contributed by atoms with van der Waals surface area (Å²) in [6.07, 6.45) is -5.58. The molecule has 318 valence electrons. The molecule has 0 saturated carbocycles. The number of phenols is 1. The van der Waals surface area contributed by atoms with Gasteiger partial charge in [-0.05, 0) is 88.8 Å². The van der Waals surface area contributed by atoms with Gasteiger partial charge in [0.15, 0.2) is 5.60 Å². The molecule has 1 saturated heterocycles. The molecular formula is C44H44F3N7O7. The van der Waals surface area contributed by atoms with Crippen molar-refractivity contribution in [1.29, 1.82) is 5.26 Å². The van der Waals surface area contributed by atoms with Gasteiger partial charge >= 0.3 is 12.1 Å². The van der Waals surface area contributed by atoms with E-state index in [0.717, 1.165) is 28.1 Å². The number of pyridine rings is 3. The normalized spacial score (nSPS) is 19.1. The number of nitrogens with zero attached hydrogens (tertiary/aromatic N) is 7. The molecule has 61 heavy (non-hydrogen) atoms. The lowest BCUT2D eigenvalue weighted by Gasteiger charge is -2.31. The first kappa shape index (κ1) is 42.8. The van der Waals surface area contributed by atoms with Gasteiger partial charge in [-0.25, -0.2) is 14.8 Å². The number of nitriles is 1. The molecule has 3 aliphatic rings. The number of benzene rings is 2. The molecule has 1 fully saturated rings. The zero-order chi connectivity index (χ0) is 44.3. The van der Waals surface area contributed by atoms with E-state index in [-0.39, 0.29) is 48.8 Å². The lowest BCUT2D eigenvalue weighted by atomic mass is 9.86. The van der Waals surface area contributed by atoms with E-state index >= 15 is 0 Å². The fourth-order valence-corrected chi connectivity index (χ4v) is 8.25. The number of fused-ring (bicyclic) bond motifs is 5. The molecule has 3 aliphatic heterocycles. The Morgan fingerprint density at radius 2 is 1.82 bits per heavy atom. The van der Waals surface area contributed by atoms with Gasteiger partial charge in [-0.15, -0.1) is 0 Å². The van der Waals surface area contributed by atoms with Gasteiger partial charge in [-0.1, -0.05) is 19.1 Å². The lowest BCUT2D eigenvalue weighted by molar-refractivity contribution is -0.172. The van der Waals surface area contributed by atoms with Crippen LogP contribution < -0.4 is 15.4 Å². The van der Waals surface area contributed by atoms with Crippen molar-refractivity contribution >= 4 is 34.3 Å². The van der Waals surface area contributed by atoms with Crippen LogP contribution in [0.2, 0.25) is 0 Å². The second-order valence-electron chi connectivity index (χ2n) is 15.8. The molecule has 8 rings (SSSR count). The molecule has 0 spiro atoms. The average molecular weight is 840 g/mol. The number of rotatable bonds is 6. The number of carbonyl (C=O) groups is 2. The molecule has 0 bridgehead atoms. The van der Waals surface area contributed by atoms with Gasteiger partial charge in [0.1, 0.15) is 35.8 Å². The Bertz CT molecular complexity index is 2710. The van der Waals surface area contributed by atoms with Crippen molar-refractivity contribution in [2.75, 3.05) is 37.5 Å². The first-order chi connectivity index (χ1) is 28.8. The quantitative estimate of drug-likeness (QED) is 0.190. The van der Waals surface area contributed by atoms with E-state index in [1.807, 2.05) is 38.1 Å². The van der Waals surface area contributed by atoms with E-state index in [1.54, 1.807) is 54.0 Å². The molecule has 3 atom stereocenters. The number of likely N-dealkylation sites (N-methyl/N-ethyl adjacent to an activating group) is 1. The van der Waals surface area contributed by atoms with Crippen molar-refractivity contribution in [3.05, 3.63) is 110 Å². The largest absolute Gasteiger partial charge is 0.508 e. The van der Waals surface area contributed by atoms with Gasteiger partial charge in [0.05, 0.1) is 40.7 Å². The number of aliphatic hydroxyl groups excluding tert-OH is 1. The Morgan fingerprint density at radius 1 is 1.08 bits per heavy atom. The highest BCUT2D eigenvalue weighted by atomic mass is 19.4. The zero-order valence-electron chi connectivity index (χ0n) is 34.3. The van der Waals surface area contributed by atoms with Crippen LogP contribution in [-0.4, -0.2) is 86.5 Å². The molecular weight excluding hydrogens is 796 g/mol. The molecule has 2 aromatic carbocycles. The van der Waals surface area contributed by atoms with E-state index in [4.69, 9.17) is 9.72 Å². The van der Waals surface area contributed by atoms with Crippen molar-refractivity contribution in [1.82, 2.24) is 19.4 Å². The van der Waals surface area contributed by atoms with Crippen LogP contribution in [0, 0.1) is 25.2 Å². The first-order valence-electron chi connectivity index (χ1n) is 19.5. The molecule has 0 radical (unpaired) electrons. The second kappa shape index (κ2) is 15.9.